The van der Waals surface area contributed by atoms with Crippen LogP contribution in [0.1, 0.15) is 47.1 Å². The number of carbonyl (C=O) groups is 1. The minimum absolute atomic E-state index is 0. The Hall–Kier alpha value is -5.51. The van der Waals surface area contributed by atoms with Crippen molar-refractivity contribution < 1.29 is 86.2 Å². The normalized spacial score (nSPS) is 11.1. The zero-order valence-corrected chi connectivity index (χ0v) is 34.2. The molecule has 0 aliphatic carbocycles. The number of benzene rings is 1. The largest absolute Gasteiger partial charge is 2.00 e. The number of rotatable bonds is 6. The van der Waals surface area contributed by atoms with E-state index in [1.54, 1.807) is 74.6 Å². The Morgan fingerprint density at radius 1 is 0.672 bits per heavy atom. The predicted molar refractivity (Wildman–Crippen MR) is 182 cm³/mol. The fourth-order valence-corrected chi connectivity index (χ4v) is 4.64. The number of aromatic nitrogens is 8. The third kappa shape index (κ3) is 12.0. The molecule has 6 aromatic heterocycles. The van der Waals surface area contributed by atoms with Crippen molar-refractivity contribution in [3.8, 4) is 22.9 Å². The average molecular weight is 1160 g/mol. The zero-order chi connectivity index (χ0) is 40.7. The first-order valence-electron chi connectivity index (χ1n) is 15.9. The van der Waals surface area contributed by atoms with Gasteiger partial charge in [-0.2, -0.15) is 26.3 Å². The molecule has 0 atom stereocenters. The summed E-state index contributed by atoms with van der Waals surface area (Å²) in [5.74, 6) is -2.05. The van der Waals surface area contributed by atoms with Gasteiger partial charge in [0.1, 0.15) is 5.69 Å². The number of carboxylic acids is 1. The van der Waals surface area contributed by atoms with Crippen LogP contribution in [-0.4, -0.2) is 50.6 Å². The molecule has 305 valence electrons. The van der Waals surface area contributed by atoms with Crippen molar-refractivity contribution in [3.05, 3.63) is 168 Å². The maximum Gasteiger partial charge on any atom is 2.00 e. The topological polar surface area (TPSA) is 124 Å². The van der Waals surface area contributed by atoms with Crippen molar-refractivity contribution in [3.63, 3.8) is 0 Å². The van der Waals surface area contributed by atoms with Gasteiger partial charge in [-0.1, -0.05) is 66.5 Å². The molecule has 0 saturated carbocycles. The molecule has 7 rings (SSSR count). The number of hydrogen-bond donors (Lipinski definition) is 1. The SMILES string of the molecule is CC(C)(c1cccc(-n2[c-]cc(C(F)(F)F)n2)n1)c1cccc(-n2[c-]cc(C(F)(F)F)n2)n1.Fc1c[c-]c(-c2ccccn2)c(F)c1.O=C(O)c1ccccn1.[Ir].[Pt+2]. The minimum Gasteiger partial charge on any atom is -0.477 e. The number of halogens is 8. The molecule has 0 spiro atoms. The summed E-state index contributed by atoms with van der Waals surface area (Å²) in [6.45, 7) is 3.54. The van der Waals surface area contributed by atoms with E-state index in [9.17, 15) is 39.9 Å². The van der Waals surface area contributed by atoms with Crippen LogP contribution in [0.2, 0.25) is 0 Å². The maximum absolute atomic E-state index is 13.2. The maximum atomic E-state index is 13.2. The van der Waals surface area contributed by atoms with E-state index >= 15 is 0 Å². The summed E-state index contributed by atoms with van der Waals surface area (Å²) < 4.78 is 105. The quantitative estimate of drug-likeness (QED) is 0.130. The Labute approximate surface area is 352 Å². The monoisotopic (exact) mass is 1170 g/mol. The van der Waals surface area contributed by atoms with E-state index in [1.807, 2.05) is 0 Å². The van der Waals surface area contributed by atoms with Crippen LogP contribution in [0.4, 0.5) is 35.1 Å². The van der Waals surface area contributed by atoms with E-state index in [2.05, 4.69) is 48.6 Å². The fourth-order valence-electron chi connectivity index (χ4n) is 4.64. The van der Waals surface area contributed by atoms with Crippen molar-refractivity contribution in [2.75, 3.05) is 0 Å². The Bertz CT molecular complexity index is 2310. The van der Waals surface area contributed by atoms with Gasteiger partial charge in [-0.3, -0.25) is 28.9 Å². The molecule has 1 radical (unpaired) electrons. The van der Waals surface area contributed by atoms with Gasteiger partial charge in [0.2, 0.25) is 0 Å². The second kappa shape index (κ2) is 19.8. The number of carboxylic acid groups (broad SMARTS) is 1. The molecule has 10 nitrogen and oxygen atoms in total. The molecular formula is C38H25F8IrN8O2Pt-. The molecule has 7 aromatic rings. The van der Waals surface area contributed by atoms with Crippen LogP contribution in [0, 0.1) is 30.1 Å². The smallest absolute Gasteiger partial charge is 0.477 e. The second-order valence-electron chi connectivity index (χ2n) is 11.8. The third-order valence-corrected chi connectivity index (χ3v) is 7.49. The molecule has 20 heteroatoms. The van der Waals surface area contributed by atoms with Gasteiger partial charge in [-0.25, -0.2) is 9.78 Å². The molecule has 1 aromatic carbocycles. The second-order valence-corrected chi connectivity index (χ2v) is 11.8. The molecule has 0 unspecified atom stereocenters. The molecule has 0 aliphatic rings. The van der Waals surface area contributed by atoms with Gasteiger partial charge < -0.3 is 19.5 Å². The summed E-state index contributed by atoms with van der Waals surface area (Å²) >= 11 is 0. The van der Waals surface area contributed by atoms with Gasteiger partial charge in [-0.05, 0) is 49.9 Å². The first kappa shape index (κ1) is 46.9. The number of nitrogens with zero attached hydrogens (tertiary/aromatic N) is 8. The first-order chi connectivity index (χ1) is 26.4. The average Bonchev–Trinajstić information content (AvgIpc) is 3.89. The number of pyridine rings is 4. The molecule has 0 amide bonds. The molecule has 6 heterocycles. The first-order valence-corrected chi connectivity index (χ1v) is 15.9. The van der Waals surface area contributed by atoms with Crippen LogP contribution in [0.5, 0.6) is 0 Å². The van der Waals surface area contributed by atoms with Crippen molar-refractivity contribution >= 4 is 5.97 Å². The minimum atomic E-state index is -4.61. The van der Waals surface area contributed by atoms with Gasteiger partial charge >= 0.3 is 39.4 Å². The Balaban J connectivity index is 0.000000295. The summed E-state index contributed by atoms with van der Waals surface area (Å²) in [5, 5.41) is 15.3. The van der Waals surface area contributed by atoms with E-state index in [0.29, 0.717) is 17.1 Å². The van der Waals surface area contributed by atoms with E-state index in [4.69, 9.17) is 5.11 Å². The van der Waals surface area contributed by atoms with E-state index in [-0.39, 0.29) is 64.1 Å². The van der Waals surface area contributed by atoms with Crippen LogP contribution in [0.3, 0.4) is 0 Å². The predicted octanol–water partition coefficient (Wildman–Crippen LogP) is 8.41. The summed E-state index contributed by atoms with van der Waals surface area (Å²) in [4.78, 5) is 26.5. The molecule has 0 aliphatic heterocycles. The van der Waals surface area contributed by atoms with Crippen LogP contribution in [-0.2, 0) is 58.9 Å². The summed E-state index contributed by atoms with van der Waals surface area (Å²) in [6.07, 6.45) is -1.45. The molecule has 0 fully saturated rings. The Morgan fingerprint density at radius 3 is 1.55 bits per heavy atom. The van der Waals surface area contributed by atoms with E-state index in [1.165, 1.54) is 24.4 Å². The van der Waals surface area contributed by atoms with Crippen molar-refractivity contribution in [1.82, 2.24) is 39.5 Å². The van der Waals surface area contributed by atoms with E-state index in [0.717, 1.165) is 33.6 Å². The van der Waals surface area contributed by atoms with Crippen molar-refractivity contribution in [2.45, 2.75) is 31.6 Å². The van der Waals surface area contributed by atoms with Gasteiger partial charge in [0.15, 0.2) is 0 Å². The molecule has 1 N–H and O–H groups in total. The van der Waals surface area contributed by atoms with Gasteiger partial charge in [0.25, 0.3) is 0 Å². The zero-order valence-electron chi connectivity index (χ0n) is 29.5. The van der Waals surface area contributed by atoms with Crippen LogP contribution in [0.25, 0.3) is 22.9 Å². The third-order valence-electron chi connectivity index (χ3n) is 7.49. The summed E-state index contributed by atoms with van der Waals surface area (Å²) in [7, 11) is 0. The van der Waals surface area contributed by atoms with Gasteiger partial charge in [0, 0.05) is 60.9 Å². The number of hydrogen-bond acceptors (Lipinski definition) is 7. The molecule has 0 bridgehead atoms. The molecule has 58 heavy (non-hydrogen) atoms. The molecular weight excluding hydrogens is 1140 g/mol. The molecule has 0 saturated heterocycles. The van der Waals surface area contributed by atoms with Crippen LogP contribution in [0.15, 0.2) is 109 Å². The van der Waals surface area contributed by atoms with Gasteiger partial charge in [0.05, 0.1) is 23.0 Å². The fraction of sp³-hybridized carbons (Fsp3) is 0.132. The number of aromatic carboxylic acids is 1. The van der Waals surface area contributed by atoms with E-state index < -0.39 is 46.8 Å². The Kier molecular flexibility index (Phi) is 16.0. The Morgan fingerprint density at radius 2 is 1.17 bits per heavy atom. The summed E-state index contributed by atoms with van der Waals surface area (Å²) in [6, 6.07) is 25.2. The van der Waals surface area contributed by atoms with Crippen LogP contribution >= 0.6 is 0 Å². The number of alkyl halides is 6. The van der Waals surface area contributed by atoms with Crippen molar-refractivity contribution in [1.29, 1.82) is 0 Å². The van der Waals surface area contributed by atoms with Crippen molar-refractivity contribution in [2.24, 2.45) is 0 Å². The summed E-state index contributed by atoms with van der Waals surface area (Å²) in [5.41, 5.74) is -1.46. The van der Waals surface area contributed by atoms with Crippen LogP contribution < -0.4 is 0 Å². The van der Waals surface area contributed by atoms with Gasteiger partial charge in [-0.15, -0.1) is 24.3 Å². The standard InChI is InChI=1S/C21H14F6N6.C11H6F2N.C6H5NO2.Ir.Pt/c1-19(2,13-5-3-7-17(28-13)32-11-9-15(30-32)20(22,23)24)14-6-4-8-18(29-14)33-12-10-16(31-33)21(25,26)27;12-8-4-5-9(10(13)7-8)11-3-1-2-6-14-11;8-6(9)5-3-1-2-4-7-5;;/h3-10H,1-2H3;1-4,6-7H;1-4H,(H,8,9);;/q-2;-1;;;+2.